The summed E-state index contributed by atoms with van der Waals surface area (Å²) in [5.41, 5.74) is 0. The highest BCUT2D eigenvalue weighted by atomic mass is 15.1. The largest absolute Gasteiger partial charge is 0.317 e. The number of hydrogen-bond donors (Lipinski definition) is 1. The topological polar surface area (TPSA) is 15.3 Å². The second kappa shape index (κ2) is 8.10. The van der Waals surface area contributed by atoms with Crippen molar-refractivity contribution in [3.63, 3.8) is 0 Å². The van der Waals surface area contributed by atoms with E-state index in [1.807, 2.05) is 0 Å². The summed E-state index contributed by atoms with van der Waals surface area (Å²) < 4.78 is 0. The van der Waals surface area contributed by atoms with Crippen molar-refractivity contribution in [1.82, 2.24) is 10.2 Å². The Kier molecular flexibility index (Phi) is 6.36. The van der Waals surface area contributed by atoms with Crippen molar-refractivity contribution < 1.29 is 0 Å². The monoisotopic (exact) mass is 238 g/mol. The van der Waals surface area contributed by atoms with Crippen molar-refractivity contribution in [2.45, 2.75) is 57.8 Å². The number of hydrogen-bond acceptors (Lipinski definition) is 2. The third-order valence-electron chi connectivity index (χ3n) is 4.47. The summed E-state index contributed by atoms with van der Waals surface area (Å²) >= 11 is 0. The normalized spacial score (nSPS) is 22.6. The highest BCUT2D eigenvalue weighted by Gasteiger charge is 2.13. The van der Waals surface area contributed by atoms with Gasteiger partial charge in [0.1, 0.15) is 0 Å². The molecule has 0 radical (unpaired) electrons. The van der Waals surface area contributed by atoms with Gasteiger partial charge in [-0.15, -0.1) is 0 Å². The Labute approximate surface area is 107 Å². The molecule has 0 aromatic heterocycles. The fourth-order valence-corrected chi connectivity index (χ4v) is 3.37. The van der Waals surface area contributed by atoms with Crippen LogP contribution in [0.15, 0.2) is 0 Å². The van der Waals surface area contributed by atoms with E-state index in [1.54, 1.807) is 0 Å². The second-order valence-electron chi connectivity index (χ2n) is 5.95. The van der Waals surface area contributed by atoms with Crippen LogP contribution in [0.4, 0.5) is 0 Å². The fourth-order valence-electron chi connectivity index (χ4n) is 3.37. The van der Waals surface area contributed by atoms with Crippen LogP contribution >= 0.6 is 0 Å². The molecule has 0 spiro atoms. The first-order chi connectivity index (χ1) is 8.45. The Morgan fingerprint density at radius 1 is 0.882 bits per heavy atom. The first-order valence-corrected chi connectivity index (χ1v) is 7.88. The lowest BCUT2D eigenvalue weighted by atomic mass is 10.0. The van der Waals surface area contributed by atoms with E-state index >= 15 is 0 Å². The minimum Gasteiger partial charge on any atom is -0.317 e. The summed E-state index contributed by atoms with van der Waals surface area (Å²) in [5, 5.41) is 3.61. The average molecular weight is 238 g/mol. The molecule has 2 nitrogen and oxygen atoms in total. The van der Waals surface area contributed by atoms with Gasteiger partial charge in [0.2, 0.25) is 0 Å². The number of nitrogens with zero attached hydrogens (tertiary/aromatic N) is 1. The van der Waals surface area contributed by atoms with E-state index in [0.717, 1.165) is 5.92 Å². The Hall–Kier alpha value is -0.0800. The Morgan fingerprint density at radius 3 is 2.35 bits per heavy atom. The van der Waals surface area contributed by atoms with Crippen LogP contribution in [-0.2, 0) is 0 Å². The Morgan fingerprint density at radius 2 is 1.59 bits per heavy atom. The van der Waals surface area contributed by atoms with Crippen LogP contribution in [-0.4, -0.2) is 37.6 Å². The molecule has 0 atom stereocenters. The molecule has 2 heteroatoms. The summed E-state index contributed by atoms with van der Waals surface area (Å²) in [4.78, 5) is 2.61. The molecule has 2 aliphatic rings. The Bertz CT molecular complexity index is 161. The van der Waals surface area contributed by atoms with Gasteiger partial charge < -0.3 is 10.2 Å². The van der Waals surface area contributed by atoms with Crippen molar-refractivity contribution >= 4 is 0 Å². The molecular weight excluding hydrogens is 208 g/mol. The van der Waals surface area contributed by atoms with Crippen molar-refractivity contribution in [3.05, 3.63) is 0 Å². The predicted octanol–water partition coefficient (Wildman–Crippen LogP) is 3.03. The summed E-state index contributed by atoms with van der Waals surface area (Å²) in [6, 6.07) is 0. The first-order valence-electron chi connectivity index (χ1n) is 7.88. The van der Waals surface area contributed by atoms with Gasteiger partial charge >= 0.3 is 0 Å². The van der Waals surface area contributed by atoms with Gasteiger partial charge in [-0.25, -0.2) is 0 Å². The predicted molar refractivity (Wildman–Crippen MR) is 74.4 cm³/mol. The lowest BCUT2D eigenvalue weighted by Gasteiger charge is -2.14. The van der Waals surface area contributed by atoms with Gasteiger partial charge in [-0.1, -0.05) is 25.7 Å². The van der Waals surface area contributed by atoms with E-state index in [-0.39, 0.29) is 0 Å². The molecule has 2 rings (SSSR count). The smallest absolute Gasteiger partial charge is 0.000664 e. The van der Waals surface area contributed by atoms with E-state index in [2.05, 4.69) is 10.2 Å². The third-order valence-corrected chi connectivity index (χ3v) is 4.47. The Balaban J connectivity index is 1.33. The molecule has 100 valence electrons. The van der Waals surface area contributed by atoms with E-state index < -0.39 is 0 Å². The molecule has 1 aliphatic carbocycles. The zero-order valence-corrected chi connectivity index (χ0v) is 11.4. The van der Waals surface area contributed by atoms with E-state index in [0.29, 0.717) is 0 Å². The van der Waals surface area contributed by atoms with Crippen LogP contribution < -0.4 is 5.32 Å². The van der Waals surface area contributed by atoms with E-state index in [9.17, 15) is 0 Å². The molecule has 0 aromatic rings. The zero-order chi connectivity index (χ0) is 11.8. The third kappa shape index (κ3) is 5.39. The molecular formula is C15H30N2. The molecule has 1 aliphatic heterocycles. The van der Waals surface area contributed by atoms with Gasteiger partial charge in [0.15, 0.2) is 0 Å². The standard InChI is InChI=1S/C15H30N2/c1-2-8-15(7-1)9-5-10-16-11-6-14-17-12-3-4-13-17/h15-16H,1-14H2. The molecule has 1 saturated heterocycles. The zero-order valence-electron chi connectivity index (χ0n) is 11.4. The van der Waals surface area contributed by atoms with Crippen LogP contribution in [0.3, 0.4) is 0 Å². The van der Waals surface area contributed by atoms with Gasteiger partial charge in [-0.3, -0.25) is 0 Å². The van der Waals surface area contributed by atoms with Crippen LogP contribution in [0.2, 0.25) is 0 Å². The minimum absolute atomic E-state index is 1.07. The molecule has 0 amide bonds. The molecule has 17 heavy (non-hydrogen) atoms. The SMILES string of the molecule is C1CCC(CCCNCCCN2CCCC2)C1. The molecule has 1 heterocycles. The maximum atomic E-state index is 3.61. The van der Waals surface area contributed by atoms with Crippen LogP contribution in [0, 0.1) is 5.92 Å². The summed E-state index contributed by atoms with van der Waals surface area (Å²) in [6.07, 6.45) is 13.1. The molecule has 1 saturated carbocycles. The molecule has 1 N–H and O–H groups in total. The average Bonchev–Trinajstić information content (AvgIpc) is 3.00. The number of nitrogens with one attached hydrogen (secondary N) is 1. The van der Waals surface area contributed by atoms with Gasteiger partial charge in [0.05, 0.1) is 0 Å². The van der Waals surface area contributed by atoms with Crippen molar-refractivity contribution in [3.8, 4) is 0 Å². The summed E-state index contributed by atoms with van der Waals surface area (Å²) in [5.74, 6) is 1.07. The quantitative estimate of drug-likeness (QED) is 0.654. The molecule has 0 aromatic carbocycles. The van der Waals surface area contributed by atoms with Crippen LogP contribution in [0.1, 0.15) is 57.8 Å². The highest BCUT2D eigenvalue weighted by molar-refractivity contribution is 4.68. The summed E-state index contributed by atoms with van der Waals surface area (Å²) in [6.45, 7) is 6.48. The number of rotatable bonds is 8. The molecule has 0 bridgehead atoms. The van der Waals surface area contributed by atoms with Crippen molar-refractivity contribution in [1.29, 1.82) is 0 Å². The second-order valence-corrected chi connectivity index (χ2v) is 5.95. The van der Waals surface area contributed by atoms with E-state index in [4.69, 9.17) is 0 Å². The highest BCUT2D eigenvalue weighted by Crippen LogP contribution is 2.28. The van der Waals surface area contributed by atoms with Gasteiger partial charge in [-0.05, 0) is 70.7 Å². The lowest BCUT2D eigenvalue weighted by molar-refractivity contribution is 0.330. The first kappa shape index (κ1) is 13.4. The van der Waals surface area contributed by atoms with Crippen molar-refractivity contribution in [2.75, 3.05) is 32.7 Å². The van der Waals surface area contributed by atoms with Crippen LogP contribution in [0.5, 0.6) is 0 Å². The molecule has 0 unspecified atom stereocenters. The molecule has 2 fully saturated rings. The van der Waals surface area contributed by atoms with Crippen LogP contribution in [0.25, 0.3) is 0 Å². The van der Waals surface area contributed by atoms with Gasteiger partial charge in [0, 0.05) is 0 Å². The van der Waals surface area contributed by atoms with Crippen molar-refractivity contribution in [2.24, 2.45) is 5.92 Å². The minimum atomic E-state index is 1.07. The van der Waals surface area contributed by atoms with Gasteiger partial charge in [-0.2, -0.15) is 0 Å². The maximum Gasteiger partial charge on any atom is -0.000664 e. The maximum absolute atomic E-state index is 3.61. The number of likely N-dealkylation sites (tertiary alicyclic amines) is 1. The summed E-state index contributed by atoms with van der Waals surface area (Å²) in [7, 11) is 0. The van der Waals surface area contributed by atoms with E-state index in [1.165, 1.54) is 90.5 Å². The van der Waals surface area contributed by atoms with Gasteiger partial charge in [0.25, 0.3) is 0 Å². The lowest BCUT2D eigenvalue weighted by Crippen LogP contribution is -2.25. The fraction of sp³-hybridized carbons (Fsp3) is 1.00.